The highest BCUT2D eigenvalue weighted by Crippen LogP contribution is 2.49. The molecule has 0 aromatic carbocycles. The van der Waals surface area contributed by atoms with Gasteiger partial charge in [-0.05, 0) is 44.9 Å². The molecule has 0 heterocycles. The Morgan fingerprint density at radius 3 is 1.37 bits per heavy atom. The van der Waals surface area contributed by atoms with Crippen LogP contribution in [-0.2, 0) is 41.8 Å². The number of esters is 2. The summed E-state index contributed by atoms with van der Waals surface area (Å²) >= 11 is 0. The van der Waals surface area contributed by atoms with E-state index < -0.39 is 83.5 Å². The highest BCUT2D eigenvalue weighted by atomic mass is 31.2. The van der Waals surface area contributed by atoms with Crippen molar-refractivity contribution in [2.45, 2.75) is 249 Å². The van der Waals surface area contributed by atoms with E-state index in [1.807, 2.05) is 0 Å². The Balaban J connectivity index is 2.55. The molecule has 8 unspecified atom stereocenters. The fourth-order valence-corrected chi connectivity index (χ4v) is 9.18. The summed E-state index contributed by atoms with van der Waals surface area (Å²) in [7, 11) is -10.7. The minimum absolute atomic E-state index is 0.0422. The van der Waals surface area contributed by atoms with Gasteiger partial charge in [0, 0.05) is 12.8 Å². The standard InChI is InChI=1S/C47H88O16P2/c1-3-5-7-9-11-13-15-17-18-19-20-21-22-24-26-28-30-32-34-36-41(49)61-39(37-59-40(48)35-33-31-29-27-25-23-16-14-12-10-8-6-4-2)38-60-65(57,58)63-47-44(52)42(50)43(51)46(45(47)53)62-64(54,55)56/h11,13,17-18,39,42-47,50-53H,3-10,12,14-16,19-38H2,1-2H3,(H,57,58)(H2,54,55,56). The number of aliphatic hydroxyl groups is 4. The summed E-state index contributed by atoms with van der Waals surface area (Å²) in [5, 5.41) is 41.3. The smallest absolute Gasteiger partial charge is 0.462 e. The molecule has 1 aliphatic rings. The van der Waals surface area contributed by atoms with Crippen LogP contribution in [0.4, 0.5) is 0 Å². The third kappa shape index (κ3) is 32.8. The molecule has 65 heavy (non-hydrogen) atoms. The molecule has 382 valence electrons. The van der Waals surface area contributed by atoms with Crippen molar-refractivity contribution in [1.82, 2.24) is 0 Å². The van der Waals surface area contributed by atoms with Crippen molar-refractivity contribution in [3.05, 3.63) is 24.3 Å². The molecule has 0 aromatic rings. The molecule has 0 bridgehead atoms. The maximum absolute atomic E-state index is 13.0. The van der Waals surface area contributed by atoms with E-state index in [9.17, 15) is 53.8 Å². The van der Waals surface area contributed by atoms with Crippen molar-refractivity contribution in [2.24, 2.45) is 0 Å². The molecule has 1 saturated carbocycles. The summed E-state index contributed by atoms with van der Waals surface area (Å²) in [5.41, 5.74) is 0. The van der Waals surface area contributed by atoms with Gasteiger partial charge in [-0.2, -0.15) is 0 Å². The minimum atomic E-state index is -5.36. The normalized spacial score (nSPS) is 21.8. The number of carbonyl (C=O) groups excluding carboxylic acids is 2. The lowest BCUT2D eigenvalue weighted by molar-refractivity contribution is -0.216. The van der Waals surface area contributed by atoms with Gasteiger partial charge >= 0.3 is 27.6 Å². The molecule has 1 aliphatic carbocycles. The minimum Gasteiger partial charge on any atom is -0.462 e. The molecule has 16 nitrogen and oxygen atoms in total. The zero-order chi connectivity index (χ0) is 48.2. The molecule has 1 rings (SSSR count). The average Bonchev–Trinajstić information content (AvgIpc) is 3.26. The van der Waals surface area contributed by atoms with Gasteiger partial charge in [0.15, 0.2) is 6.10 Å². The predicted molar refractivity (Wildman–Crippen MR) is 251 cm³/mol. The largest absolute Gasteiger partial charge is 0.472 e. The van der Waals surface area contributed by atoms with Crippen LogP contribution < -0.4 is 0 Å². The van der Waals surface area contributed by atoms with Crippen LogP contribution >= 0.6 is 15.6 Å². The summed E-state index contributed by atoms with van der Waals surface area (Å²) in [6, 6.07) is 0. The maximum atomic E-state index is 13.0. The van der Waals surface area contributed by atoms with E-state index >= 15 is 0 Å². The first-order valence-corrected chi connectivity index (χ1v) is 27.9. The van der Waals surface area contributed by atoms with Gasteiger partial charge in [0.2, 0.25) is 0 Å². The molecule has 0 saturated heterocycles. The highest BCUT2D eigenvalue weighted by Gasteiger charge is 2.54. The quantitative estimate of drug-likeness (QED) is 0.0130. The number of unbranched alkanes of at least 4 members (excludes halogenated alkanes) is 24. The Hall–Kier alpha value is -1.52. The molecule has 0 spiro atoms. The van der Waals surface area contributed by atoms with Crippen molar-refractivity contribution < 1.29 is 76.9 Å². The van der Waals surface area contributed by atoms with Gasteiger partial charge in [-0.3, -0.25) is 23.2 Å². The van der Waals surface area contributed by atoms with Gasteiger partial charge in [0.05, 0.1) is 6.61 Å². The van der Waals surface area contributed by atoms with E-state index in [0.29, 0.717) is 12.8 Å². The van der Waals surface area contributed by atoms with Gasteiger partial charge in [-0.15, -0.1) is 0 Å². The van der Waals surface area contributed by atoms with Crippen molar-refractivity contribution in [1.29, 1.82) is 0 Å². The first kappa shape index (κ1) is 61.5. The SMILES string of the molecule is CCCCCC=CCC=CCCCCCCCCCCCC(=O)OC(COC(=O)CCCCCCCCCCCCCCC)COP(=O)(O)OC1C(O)C(O)C(O)C(OP(=O)(O)O)C1O. The number of carbonyl (C=O) groups is 2. The lowest BCUT2D eigenvalue weighted by Gasteiger charge is -2.43. The van der Waals surface area contributed by atoms with Gasteiger partial charge in [0.25, 0.3) is 0 Å². The van der Waals surface area contributed by atoms with Gasteiger partial charge < -0.3 is 44.6 Å². The Kier molecular flexibility index (Phi) is 36.3. The number of ether oxygens (including phenoxy) is 2. The number of hydrogen-bond acceptors (Lipinski definition) is 13. The molecule has 8 atom stereocenters. The molecule has 0 radical (unpaired) electrons. The van der Waals surface area contributed by atoms with E-state index in [2.05, 4.69) is 42.7 Å². The molecule has 18 heteroatoms. The number of allylic oxidation sites excluding steroid dienone is 4. The number of hydrogen-bond donors (Lipinski definition) is 7. The highest BCUT2D eigenvalue weighted by molar-refractivity contribution is 7.47. The first-order chi connectivity index (χ1) is 31.1. The Labute approximate surface area is 390 Å². The second-order valence-corrected chi connectivity index (χ2v) is 20.1. The third-order valence-corrected chi connectivity index (χ3v) is 13.0. The Morgan fingerprint density at radius 2 is 0.892 bits per heavy atom. The van der Waals surface area contributed by atoms with Crippen LogP contribution in [0.3, 0.4) is 0 Å². The van der Waals surface area contributed by atoms with Crippen LogP contribution in [-0.4, -0.2) is 103 Å². The lowest BCUT2D eigenvalue weighted by atomic mass is 9.85. The topological polar surface area (TPSA) is 256 Å². The fraction of sp³-hybridized carbons (Fsp3) is 0.872. The number of aliphatic hydroxyl groups excluding tert-OH is 4. The Bertz CT molecular complexity index is 1360. The number of phosphoric acid groups is 2. The van der Waals surface area contributed by atoms with Crippen LogP contribution in [0.1, 0.15) is 206 Å². The molecule has 1 fully saturated rings. The van der Waals surface area contributed by atoms with E-state index in [1.54, 1.807) is 0 Å². The Morgan fingerprint density at radius 1 is 0.492 bits per heavy atom. The molecule has 0 aromatic heterocycles. The zero-order valence-electron chi connectivity index (χ0n) is 39.7. The number of phosphoric ester groups is 2. The van der Waals surface area contributed by atoms with Crippen LogP contribution in [0.5, 0.6) is 0 Å². The predicted octanol–water partition coefficient (Wildman–Crippen LogP) is 9.73. The van der Waals surface area contributed by atoms with Crippen molar-refractivity contribution >= 4 is 27.6 Å². The summed E-state index contributed by atoms with van der Waals surface area (Å²) in [6.07, 6.45) is 25.6. The fourth-order valence-electron chi connectivity index (χ4n) is 7.65. The van der Waals surface area contributed by atoms with Crippen molar-refractivity contribution in [2.75, 3.05) is 13.2 Å². The van der Waals surface area contributed by atoms with Gasteiger partial charge in [0.1, 0.15) is 43.2 Å². The van der Waals surface area contributed by atoms with Crippen LogP contribution in [0.25, 0.3) is 0 Å². The van der Waals surface area contributed by atoms with E-state index in [4.69, 9.17) is 18.5 Å². The number of rotatable bonds is 42. The van der Waals surface area contributed by atoms with E-state index in [1.165, 1.54) is 96.3 Å². The van der Waals surface area contributed by atoms with Crippen molar-refractivity contribution in [3.8, 4) is 0 Å². The molecule has 0 aliphatic heterocycles. The summed E-state index contributed by atoms with van der Waals surface area (Å²) in [6.45, 7) is 3.10. The van der Waals surface area contributed by atoms with Crippen LogP contribution in [0.15, 0.2) is 24.3 Å². The molecular formula is C47H88O16P2. The second-order valence-electron chi connectivity index (χ2n) is 17.5. The van der Waals surface area contributed by atoms with E-state index in [0.717, 1.165) is 70.6 Å². The lowest BCUT2D eigenvalue weighted by Crippen LogP contribution is -2.64. The van der Waals surface area contributed by atoms with Gasteiger partial charge in [-0.1, -0.05) is 173 Å². The summed E-state index contributed by atoms with van der Waals surface area (Å²) in [5.74, 6) is -1.20. The van der Waals surface area contributed by atoms with Crippen LogP contribution in [0, 0.1) is 0 Å². The molecular weight excluding hydrogens is 882 g/mol. The summed E-state index contributed by atoms with van der Waals surface area (Å²) in [4.78, 5) is 54.3. The monoisotopic (exact) mass is 971 g/mol. The van der Waals surface area contributed by atoms with Gasteiger partial charge in [-0.25, -0.2) is 9.13 Å². The molecule has 0 amide bonds. The van der Waals surface area contributed by atoms with Crippen molar-refractivity contribution in [3.63, 3.8) is 0 Å². The maximum Gasteiger partial charge on any atom is 0.472 e. The average molecular weight is 971 g/mol. The van der Waals surface area contributed by atoms with E-state index in [-0.39, 0.29) is 12.8 Å². The third-order valence-electron chi connectivity index (χ3n) is 11.5. The zero-order valence-corrected chi connectivity index (χ0v) is 41.5. The second kappa shape index (κ2) is 38.3. The summed E-state index contributed by atoms with van der Waals surface area (Å²) < 4.78 is 49.4. The molecule has 7 N–H and O–H groups in total. The first-order valence-electron chi connectivity index (χ1n) is 24.9. The van der Waals surface area contributed by atoms with Crippen LogP contribution in [0.2, 0.25) is 0 Å².